The van der Waals surface area contributed by atoms with Crippen LogP contribution in [-0.4, -0.2) is 45.0 Å². The highest BCUT2D eigenvalue weighted by molar-refractivity contribution is 6.30. The third kappa shape index (κ3) is 2.52. The van der Waals surface area contributed by atoms with Gasteiger partial charge in [-0.05, 0) is 37.1 Å². The van der Waals surface area contributed by atoms with Crippen LogP contribution in [0.25, 0.3) is 0 Å². The molecular formula is C16H17ClN4O2. The number of hydrogen-bond donors (Lipinski definition) is 0. The number of carbonyl (C=O) groups is 1. The second-order valence-corrected chi connectivity index (χ2v) is 6.52. The van der Waals surface area contributed by atoms with Gasteiger partial charge >= 0.3 is 0 Å². The molecule has 1 fully saturated rings. The van der Waals surface area contributed by atoms with E-state index in [-0.39, 0.29) is 18.1 Å². The minimum atomic E-state index is 0.0323. The van der Waals surface area contributed by atoms with Gasteiger partial charge in [0.25, 0.3) is 5.91 Å². The summed E-state index contributed by atoms with van der Waals surface area (Å²) < 4.78 is 7.79. The summed E-state index contributed by atoms with van der Waals surface area (Å²) in [6.07, 6.45) is 2.63. The maximum atomic E-state index is 12.9. The molecule has 7 heteroatoms. The van der Waals surface area contributed by atoms with Gasteiger partial charge in [-0.3, -0.25) is 4.79 Å². The Labute approximate surface area is 139 Å². The van der Waals surface area contributed by atoms with Crippen LogP contribution in [-0.2, 0) is 11.3 Å². The lowest BCUT2D eigenvalue weighted by molar-refractivity contribution is -0.0605. The maximum absolute atomic E-state index is 12.9. The zero-order valence-electron chi connectivity index (χ0n) is 12.8. The SMILES string of the molecule is Cc1cc(Cl)ccc1C(=O)N1CC[C@@H]2OCc3cnnn3[C@@H]2C1. The lowest BCUT2D eigenvalue weighted by Crippen LogP contribution is -2.50. The molecule has 0 unspecified atom stereocenters. The molecule has 1 aromatic heterocycles. The Kier molecular flexibility index (Phi) is 3.58. The Morgan fingerprint density at radius 2 is 2.30 bits per heavy atom. The van der Waals surface area contributed by atoms with E-state index in [1.807, 2.05) is 22.6 Å². The fourth-order valence-corrected chi connectivity index (χ4v) is 3.63. The molecule has 6 nitrogen and oxygen atoms in total. The van der Waals surface area contributed by atoms with E-state index >= 15 is 0 Å². The normalized spacial score (nSPS) is 23.3. The number of fused-ring (bicyclic) bond motifs is 3. The molecule has 3 heterocycles. The van der Waals surface area contributed by atoms with Crippen molar-refractivity contribution in [3.05, 3.63) is 46.2 Å². The van der Waals surface area contributed by atoms with Crippen LogP contribution in [0.2, 0.25) is 5.02 Å². The first kappa shape index (κ1) is 14.7. The Bertz CT molecular complexity index is 760. The van der Waals surface area contributed by atoms with Crippen LogP contribution in [0, 0.1) is 6.92 Å². The smallest absolute Gasteiger partial charge is 0.254 e. The van der Waals surface area contributed by atoms with E-state index in [0.29, 0.717) is 30.3 Å². The van der Waals surface area contributed by atoms with Gasteiger partial charge in [0, 0.05) is 23.7 Å². The predicted octanol–water partition coefficient (Wildman–Crippen LogP) is 2.23. The summed E-state index contributed by atoms with van der Waals surface area (Å²) in [5.41, 5.74) is 2.55. The van der Waals surface area contributed by atoms with Crippen molar-refractivity contribution in [1.29, 1.82) is 0 Å². The summed E-state index contributed by atoms with van der Waals surface area (Å²) in [6.45, 7) is 3.72. The van der Waals surface area contributed by atoms with Crippen molar-refractivity contribution < 1.29 is 9.53 Å². The summed E-state index contributed by atoms with van der Waals surface area (Å²) >= 11 is 5.98. The Morgan fingerprint density at radius 1 is 1.43 bits per heavy atom. The van der Waals surface area contributed by atoms with Crippen LogP contribution in [0.4, 0.5) is 0 Å². The average molecular weight is 333 g/mol. The molecule has 1 saturated heterocycles. The molecule has 4 rings (SSSR count). The number of aromatic nitrogens is 3. The van der Waals surface area contributed by atoms with E-state index in [2.05, 4.69) is 10.3 Å². The van der Waals surface area contributed by atoms with Gasteiger partial charge in [0.2, 0.25) is 0 Å². The van der Waals surface area contributed by atoms with Crippen molar-refractivity contribution in [1.82, 2.24) is 19.9 Å². The second kappa shape index (κ2) is 5.62. The van der Waals surface area contributed by atoms with E-state index in [0.717, 1.165) is 17.7 Å². The van der Waals surface area contributed by atoms with Gasteiger partial charge in [-0.15, -0.1) is 5.10 Å². The number of benzene rings is 1. The molecule has 0 saturated carbocycles. The summed E-state index contributed by atoms with van der Waals surface area (Å²) in [6, 6.07) is 5.41. The number of likely N-dealkylation sites (tertiary alicyclic amines) is 1. The van der Waals surface area contributed by atoms with Crippen molar-refractivity contribution in [2.45, 2.75) is 32.1 Å². The number of hydrogen-bond acceptors (Lipinski definition) is 4. The van der Waals surface area contributed by atoms with Crippen LogP contribution in [0.15, 0.2) is 24.4 Å². The van der Waals surface area contributed by atoms with Crippen molar-refractivity contribution in [2.24, 2.45) is 0 Å². The summed E-state index contributed by atoms with van der Waals surface area (Å²) in [4.78, 5) is 14.7. The molecule has 2 aromatic rings. The highest BCUT2D eigenvalue weighted by Crippen LogP contribution is 2.31. The minimum absolute atomic E-state index is 0.0323. The van der Waals surface area contributed by atoms with Gasteiger partial charge in [0.05, 0.1) is 30.6 Å². The summed E-state index contributed by atoms with van der Waals surface area (Å²) in [7, 11) is 0. The standard InChI is InChI=1S/C16H17ClN4O2/c1-10-6-11(17)2-3-13(10)16(22)20-5-4-15-14(8-20)21-12(9-23-15)7-18-19-21/h2-3,6-7,14-15H,4-5,8-9H2,1H3/t14-,15+/m1/s1. The maximum Gasteiger partial charge on any atom is 0.254 e. The highest BCUT2D eigenvalue weighted by atomic mass is 35.5. The van der Waals surface area contributed by atoms with Crippen LogP contribution >= 0.6 is 11.6 Å². The van der Waals surface area contributed by atoms with E-state index in [1.165, 1.54) is 0 Å². The lowest BCUT2D eigenvalue weighted by Gasteiger charge is -2.41. The molecule has 2 aliphatic rings. The van der Waals surface area contributed by atoms with Crippen molar-refractivity contribution in [3.63, 3.8) is 0 Å². The van der Waals surface area contributed by atoms with Crippen LogP contribution in [0.3, 0.4) is 0 Å². The molecule has 2 atom stereocenters. The highest BCUT2D eigenvalue weighted by Gasteiger charge is 2.38. The number of nitrogens with zero attached hydrogens (tertiary/aromatic N) is 4. The number of amides is 1. The monoisotopic (exact) mass is 332 g/mol. The zero-order valence-corrected chi connectivity index (χ0v) is 13.5. The summed E-state index contributed by atoms with van der Waals surface area (Å²) in [5.74, 6) is 0.0323. The lowest BCUT2D eigenvalue weighted by atomic mass is 9.99. The minimum Gasteiger partial charge on any atom is -0.370 e. The fourth-order valence-electron chi connectivity index (χ4n) is 3.40. The number of rotatable bonds is 1. The van der Waals surface area contributed by atoms with Gasteiger partial charge in [-0.2, -0.15) is 0 Å². The van der Waals surface area contributed by atoms with E-state index in [9.17, 15) is 4.79 Å². The number of carbonyl (C=O) groups excluding carboxylic acids is 1. The molecule has 0 radical (unpaired) electrons. The molecule has 120 valence electrons. The first-order chi connectivity index (χ1) is 11.1. The second-order valence-electron chi connectivity index (χ2n) is 6.09. The fraction of sp³-hybridized carbons (Fsp3) is 0.438. The molecule has 1 aromatic carbocycles. The van der Waals surface area contributed by atoms with E-state index in [4.69, 9.17) is 16.3 Å². The molecule has 2 aliphatic heterocycles. The first-order valence-electron chi connectivity index (χ1n) is 7.69. The van der Waals surface area contributed by atoms with E-state index < -0.39 is 0 Å². The van der Waals surface area contributed by atoms with Gasteiger partial charge in [-0.1, -0.05) is 16.8 Å². The molecule has 0 spiro atoms. The third-order valence-electron chi connectivity index (χ3n) is 4.63. The Hall–Kier alpha value is -1.92. The topological polar surface area (TPSA) is 60.3 Å². The average Bonchev–Trinajstić information content (AvgIpc) is 3.03. The molecule has 0 bridgehead atoms. The van der Waals surface area contributed by atoms with Crippen molar-refractivity contribution in [3.8, 4) is 0 Å². The van der Waals surface area contributed by atoms with Crippen LogP contribution in [0.5, 0.6) is 0 Å². The van der Waals surface area contributed by atoms with Gasteiger partial charge < -0.3 is 9.64 Å². The van der Waals surface area contributed by atoms with Crippen LogP contribution in [0.1, 0.15) is 34.1 Å². The number of ether oxygens (including phenoxy) is 1. The predicted molar refractivity (Wildman–Crippen MR) is 84.3 cm³/mol. The number of piperidine rings is 1. The van der Waals surface area contributed by atoms with Crippen LogP contribution < -0.4 is 0 Å². The van der Waals surface area contributed by atoms with Gasteiger partial charge in [0.15, 0.2) is 0 Å². The first-order valence-corrected chi connectivity index (χ1v) is 8.07. The molecule has 0 aliphatic carbocycles. The molecule has 0 N–H and O–H groups in total. The van der Waals surface area contributed by atoms with E-state index in [1.54, 1.807) is 18.3 Å². The molecule has 23 heavy (non-hydrogen) atoms. The number of halogens is 1. The quantitative estimate of drug-likeness (QED) is 0.803. The molecular weight excluding hydrogens is 316 g/mol. The van der Waals surface area contributed by atoms with Gasteiger partial charge in [0.1, 0.15) is 0 Å². The Morgan fingerprint density at radius 3 is 3.13 bits per heavy atom. The zero-order chi connectivity index (χ0) is 16.0. The Balaban J connectivity index is 1.59. The van der Waals surface area contributed by atoms with Crippen molar-refractivity contribution >= 4 is 17.5 Å². The van der Waals surface area contributed by atoms with Gasteiger partial charge in [-0.25, -0.2) is 4.68 Å². The summed E-state index contributed by atoms with van der Waals surface area (Å²) in [5, 5.41) is 8.77. The largest absolute Gasteiger partial charge is 0.370 e. The molecule has 1 amide bonds. The van der Waals surface area contributed by atoms with Crippen molar-refractivity contribution in [2.75, 3.05) is 13.1 Å². The number of aryl methyl sites for hydroxylation is 1. The third-order valence-corrected chi connectivity index (χ3v) is 4.87.